The number of carbonyl (C=O) groups is 3. The molecule has 2 aliphatic heterocycles. The standard InChI is InChI=1S/C26H25BrN2O4/c1-4-33-26(32)21-16(3)28-24-20(23(30)18-8-6-5-7-9-18)14-15(2)25(31)29(24)22(21)17-10-12-19(27)13-11-17/h5-13,15,22,28H,4,14H2,1-3H3. The lowest BCUT2D eigenvalue weighted by Gasteiger charge is -2.44. The van der Waals surface area contributed by atoms with Crippen LogP contribution in [-0.2, 0) is 14.3 Å². The molecule has 4 rings (SSSR count). The summed E-state index contributed by atoms with van der Waals surface area (Å²) in [5, 5.41) is 3.20. The first-order chi connectivity index (χ1) is 15.8. The van der Waals surface area contributed by atoms with Crippen LogP contribution >= 0.6 is 15.9 Å². The first kappa shape index (κ1) is 23.0. The molecule has 0 bridgehead atoms. The van der Waals surface area contributed by atoms with Crippen LogP contribution in [0.15, 0.2) is 81.7 Å². The van der Waals surface area contributed by atoms with Gasteiger partial charge in [0.2, 0.25) is 5.91 Å². The SMILES string of the molecule is CCOC(=O)C1=C(C)NC2=C(C(=O)c3ccccc3)CC(C)C(=O)N2C1c1ccc(Br)cc1. The van der Waals surface area contributed by atoms with Crippen molar-refractivity contribution >= 4 is 33.6 Å². The number of hydrogen-bond acceptors (Lipinski definition) is 5. The number of ketones is 1. The van der Waals surface area contributed by atoms with Gasteiger partial charge in [-0.1, -0.05) is 65.3 Å². The summed E-state index contributed by atoms with van der Waals surface area (Å²) in [6, 6.07) is 15.8. The molecule has 2 atom stereocenters. The van der Waals surface area contributed by atoms with Gasteiger partial charge in [-0.3, -0.25) is 14.5 Å². The Labute approximate surface area is 201 Å². The van der Waals surface area contributed by atoms with Crippen molar-refractivity contribution < 1.29 is 19.1 Å². The van der Waals surface area contributed by atoms with E-state index >= 15 is 0 Å². The molecule has 2 aliphatic rings. The number of allylic oxidation sites excluding steroid dienone is 2. The summed E-state index contributed by atoms with van der Waals surface area (Å²) in [5.74, 6) is -0.756. The number of fused-ring (bicyclic) bond motifs is 1. The summed E-state index contributed by atoms with van der Waals surface area (Å²) in [6.07, 6.45) is 0.320. The lowest BCUT2D eigenvalue weighted by molar-refractivity contribution is -0.141. The number of halogens is 1. The molecule has 1 N–H and O–H groups in total. The molecule has 2 heterocycles. The molecule has 0 aromatic heterocycles. The van der Waals surface area contributed by atoms with E-state index in [1.54, 1.807) is 30.9 Å². The van der Waals surface area contributed by atoms with E-state index in [-0.39, 0.29) is 18.3 Å². The quantitative estimate of drug-likeness (QED) is 0.459. The van der Waals surface area contributed by atoms with Crippen LogP contribution in [0.25, 0.3) is 0 Å². The highest BCUT2D eigenvalue weighted by atomic mass is 79.9. The van der Waals surface area contributed by atoms with Crippen LogP contribution in [0, 0.1) is 5.92 Å². The van der Waals surface area contributed by atoms with Crippen LogP contribution in [0.5, 0.6) is 0 Å². The summed E-state index contributed by atoms with van der Waals surface area (Å²) >= 11 is 3.44. The third-order valence-corrected chi connectivity index (χ3v) is 6.46. The number of esters is 1. The Morgan fingerprint density at radius 2 is 1.79 bits per heavy atom. The Kier molecular flexibility index (Phi) is 6.51. The zero-order valence-corrected chi connectivity index (χ0v) is 20.3. The minimum absolute atomic E-state index is 0.135. The number of ether oxygens (including phenoxy) is 1. The third kappa shape index (κ3) is 4.25. The topological polar surface area (TPSA) is 75.7 Å². The summed E-state index contributed by atoms with van der Waals surface area (Å²) in [6.45, 7) is 5.54. The molecular formula is C26H25BrN2O4. The maximum Gasteiger partial charge on any atom is 0.338 e. The van der Waals surface area contributed by atoms with Crippen molar-refractivity contribution in [3.63, 3.8) is 0 Å². The predicted molar refractivity (Wildman–Crippen MR) is 128 cm³/mol. The lowest BCUT2D eigenvalue weighted by atomic mass is 9.85. The number of rotatable bonds is 5. The minimum Gasteiger partial charge on any atom is -0.463 e. The number of nitrogens with zero attached hydrogens (tertiary/aromatic N) is 1. The van der Waals surface area contributed by atoms with Crippen LogP contribution in [0.2, 0.25) is 0 Å². The molecular weight excluding hydrogens is 484 g/mol. The van der Waals surface area contributed by atoms with Crippen LogP contribution in [0.1, 0.15) is 49.2 Å². The highest BCUT2D eigenvalue weighted by molar-refractivity contribution is 9.10. The smallest absolute Gasteiger partial charge is 0.338 e. The lowest BCUT2D eigenvalue weighted by Crippen LogP contribution is -2.51. The third-order valence-electron chi connectivity index (χ3n) is 5.93. The highest BCUT2D eigenvalue weighted by Gasteiger charge is 2.45. The zero-order chi connectivity index (χ0) is 23.7. The molecule has 2 aromatic rings. The molecule has 0 aliphatic carbocycles. The number of nitrogens with one attached hydrogen (secondary N) is 1. The molecule has 6 nitrogen and oxygen atoms in total. The van der Waals surface area contributed by atoms with Gasteiger partial charge >= 0.3 is 5.97 Å². The largest absolute Gasteiger partial charge is 0.463 e. The van der Waals surface area contributed by atoms with Crippen LogP contribution < -0.4 is 5.32 Å². The van der Waals surface area contributed by atoms with E-state index in [9.17, 15) is 14.4 Å². The monoisotopic (exact) mass is 508 g/mol. The van der Waals surface area contributed by atoms with Crippen molar-refractivity contribution in [3.8, 4) is 0 Å². The molecule has 0 fully saturated rings. The molecule has 7 heteroatoms. The van der Waals surface area contributed by atoms with Gasteiger partial charge in [-0.2, -0.15) is 0 Å². The average molecular weight is 509 g/mol. The summed E-state index contributed by atoms with van der Waals surface area (Å²) in [7, 11) is 0. The van der Waals surface area contributed by atoms with Gasteiger partial charge in [-0.25, -0.2) is 4.79 Å². The highest BCUT2D eigenvalue weighted by Crippen LogP contribution is 2.43. The zero-order valence-electron chi connectivity index (χ0n) is 18.7. The molecule has 0 saturated heterocycles. The van der Waals surface area contributed by atoms with Crippen LogP contribution in [-0.4, -0.2) is 29.2 Å². The van der Waals surface area contributed by atoms with E-state index in [4.69, 9.17) is 4.74 Å². The summed E-state index contributed by atoms with van der Waals surface area (Å²) in [4.78, 5) is 41.5. The first-order valence-electron chi connectivity index (χ1n) is 10.9. The fourth-order valence-corrected chi connectivity index (χ4v) is 4.62. The molecule has 170 valence electrons. The number of amides is 1. The van der Waals surface area contributed by atoms with Crippen molar-refractivity contribution in [2.24, 2.45) is 5.92 Å². The van der Waals surface area contributed by atoms with Crippen molar-refractivity contribution in [3.05, 3.63) is 92.9 Å². The molecule has 2 aromatic carbocycles. The summed E-state index contributed by atoms with van der Waals surface area (Å²) < 4.78 is 6.23. The van der Waals surface area contributed by atoms with Crippen molar-refractivity contribution in [2.45, 2.75) is 33.2 Å². The van der Waals surface area contributed by atoms with Crippen molar-refractivity contribution in [1.82, 2.24) is 10.2 Å². The second-order valence-corrected chi connectivity index (χ2v) is 9.09. The van der Waals surface area contributed by atoms with E-state index in [1.165, 1.54) is 0 Å². The van der Waals surface area contributed by atoms with Gasteiger partial charge in [-0.05, 0) is 38.0 Å². The Hall–Kier alpha value is -3.19. The van der Waals surface area contributed by atoms with Gasteiger partial charge in [0.25, 0.3) is 0 Å². The fraction of sp³-hybridized carbons (Fsp3) is 0.269. The van der Waals surface area contributed by atoms with E-state index in [2.05, 4.69) is 21.2 Å². The number of carbonyl (C=O) groups excluding carboxylic acids is 3. The van der Waals surface area contributed by atoms with E-state index in [0.29, 0.717) is 34.6 Å². The first-order valence-corrected chi connectivity index (χ1v) is 11.7. The second kappa shape index (κ2) is 9.35. The van der Waals surface area contributed by atoms with Gasteiger partial charge in [0.1, 0.15) is 5.82 Å². The maximum absolute atomic E-state index is 13.5. The van der Waals surface area contributed by atoms with Gasteiger partial charge < -0.3 is 10.1 Å². The number of hydrogen-bond donors (Lipinski definition) is 1. The van der Waals surface area contributed by atoms with Gasteiger partial charge in [0.05, 0.1) is 18.2 Å². The van der Waals surface area contributed by atoms with Crippen LogP contribution in [0.3, 0.4) is 0 Å². The van der Waals surface area contributed by atoms with Gasteiger partial charge in [0, 0.05) is 27.2 Å². The van der Waals surface area contributed by atoms with Gasteiger partial charge in [0.15, 0.2) is 5.78 Å². The van der Waals surface area contributed by atoms with E-state index < -0.39 is 17.9 Å². The predicted octanol–water partition coefficient (Wildman–Crippen LogP) is 4.89. The van der Waals surface area contributed by atoms with Crippen LogP contribution in [0.4, 0.5) is 0 Å². The Morgan fingerprint density at radius 3 is 2.42 bits per heavy atom. The average Bonchev–Trinajstić information content (AvgIpc) is 2.81. The molecule has 1 amide bonds. The molecule has 33 heavy (non-hydrogen) atoms. The molecule has 0 saturated carbocycles. The second-order valence-electron chi connectivity index (χ2n) is 8.17. The van der Waals surface area contributed by atoms with E-state index in [0.717, 1.165) is 10.0 Å². The van der Waals surface area contributed by atoms with Crippen molar-refractivity contribution in [2.75, 3.05) is 6.61 Å². The fourth-order valence-electron chi connectivity index (χ4n) is 4.35. The van der Waals surface area contributed by atoms with Crippen molar-refractivity contribution in [1.29, 1.82) is 0 Å². The number of Topliss-reactive ketones (excluding diaryl/α,β-unsaturated/α-hetero) is 1. The van der Waals surface area contributed by atoms with E-state index in [1.807, 2.05) is 49.4 Å². The summed E-state index contributed by atoms with van der Waals surface area (Å²) in [5.41, 5.74) is 2.76. The minimum atomic E-state index is -0.706. The molecule has 0 radical (unpaired) electrons. The van der Waals surface area contributed by atoms with Gasteiger partial charge in [-0.15, -0.1) is 0 Å². The molecule has 0 spiro atoms. The molecule has 2 unspecified atom stereocenters. The Balaban J connectivity index is 1.93. The number of benzene rings is 2. The Bertz CT molecular complexity index is 1170. The maximum atomic E-state index is 13.5. The normalized spacial score (nSPS) is 20.4. The Morgan fingerprint density at radius 1 is 1.12 bits per heavy atom.